The molecule has 0 aromatic heterocycles. The summed E-state index contributed by atoms with van der Waals surface area (Å²) in [6.45, 7) is 11.9. The van der Waals surface area contributed by atoms with E-state index in [-0.39, 0.29) is 42.0 Å². The second-order valence-electron chi connectivity index (χ2n) is 6.48. The van der Waals surface area contributed by atoms with Gasteiger partial charge in [-0.1, -0.05) is 26.8 Å². The number of hydrogen-bond acceptors (Lipinski definition) is 2. The molecular weight excluding hydrogens is 251 g/mol. The average Bonchev–Trinajstić information content (AvgIpc) is 2.13. The van der Waals surface area contributed by atoms with Gasteiger partial charge in [0.25, 0.3) is 0 Å². The first-order valence-corrected chi connectivity index (χ1v) is 6.07. The Balaban J connectivity index is 0. The number of carboxylic acids is 1. The molecule has 0 bridgehead atoms. The van der Waals surface area contributed by atoms with Gasteiger partial charge >= 0.3 is 35.5 Å². The van der Waals surface area contributed by atoms with Gasteiger partial charge in [0.15, 0.2) is 0 Å². The van der Waals surface area contributed by atoms with E-state index in [0.29, 0.717) is 5.75 Å². The van der Waals surface area contributed by atoms with Gasteiger partial charge in [0, 0.05) is 0 Å². The van der Waals surface area contributed by atoms with Crippen molar-refractivity contribution in [2.75, 3.05) is 0 Å². The zero-order valence-electron chi connectivity index (χ0n) is 14.0. The molecule has 1 N–H and O–H groups in total. The normalized spacial score (nSPS) is 11.7. The minimum absolute atomic E-state index is 0. The zero-order valence-corrected chi connectivity index (χ0v) is 15.0. The zero-order chi connectivity index (χ0) is 14.1. The molecule has 0 radical (unpaired) electrons. The number of carbonyl (C=O) groups is 1. The number of ether oxygens (including phenoxy) is 1. The fourth-order valence-corrected chi connectivity index (χ4v) is 1.58. The van der Waals surface area contributed by atoms with E-state index in [0.717, 1.165) is 5.56 Å². The van der Waals surface area contributed by atoms with Gasteiger partial charge in [0.1, 0.15) is 16.9 Å². The first kappa shape index (κ1) is 18.5. The van der Waals surface area contributed by atoms with Crippen molar-refractivity contribution >= 4 is 5.97 Å². The van der Waals surface area contributed by atoms with Crippen molar-refractivity contribution in [1.82, 2.24) is 0 Å². The molecule has 0 spiro atoms. The smallest absolute Gasteiger partial charge is 1.00 e. The topological polar surface area (TPSA) is 46.5 Å². The van der Waals surface area contributed by atoms with Crippen molar-refractivity contribution in [1.29, 1.82) is 0 Å². The first-order valence-electron chi connectivity index (χ1n) is 6.07. The van der Waals surface area contributed by atoms with Crippen LogP contribution in [0.4, 0.5) is 0 Å². The Labute approximate surface area is 139 Å². The third-order valence-electron chi connectivity index (χ3n) is 2.49. The van der Waals surface area contributed by atoms with E-state index in [1.54, 1.807) is 12.1 Å². The minimum atomic E-state index is -0.958. The Hall–Kier alpha value is -0.510. The summed E-state index contributed by atoms with van der Waals surface area (Å²) in [7, 11) is 0. The molecular formula is C15H23NaO3. The van der Waals surface area contributed by atoms with Crippen molar-refractivity contribution in [2.24, 2.45) is 0 Å². The van der Waals surface area contributed by atoms with Crippen LogP contribution in [-0.2, 0) is 5.41 Å². The van der Waals surface area contributed by atoms with Gasteiger partial charge in [-0.25, -0.2) is 4.79 Å². The molecule has 1 aromatic carbocycles. The van der Waals surface area contributed by atoms with Gasteiger partial charge in [-0.3, -0.25) is 0 Å². The molecule has 0 aliphatic heterocycles. The maximum atomic E-state index is 11.3. The second kappa shape index (κ2) is 6.29. The molecule has 0 aliphatic carbocycles. The Kier molecular flexibility index (Phi) is 6.12. The van der Waals surface area contributed by atoms with E-state index < -0.39 is 11.6 Å². The summed E-state index contributed by atoms with van der Waals surface area (Å²) in [4.78, 5) is 11.3. The van der Waals surface area contributed by atoms with E-state index in [4.69, 9.17) is 4.74 Å². The van der Waals surface area contributed by atoms with Crippen molar-refractivity contribution in [3.63, 3.8) is 0 Å². The molecule has 0 atom stereocenters. The van der Waals surface area contributed by atoms with Crippen molar-refractivity contribution in [3.8, 4) is 5.75 Å². The minimum Gasteiger partial charge on any atom is -1.00 e. The third kappa shape index (κ3) is 5.55. The monoisotopic (exact) mass is 274 g/mol. The van der Waals surface area contributed by atoms with Gasteiger partial charge in [0.05, 0.1) is 0 Å². The Morgan fingerprint density at radius 2 is 1.68 bits per heavy atom. The van der Waals surface area contributed by atoms with E-state index >= 15 is 0 Å². The first-order chi connectivity index (χ1) is 8.00. The summed E-state index contributed by atoms with van der Waals surface area (Å²) in [5.74, 6) is -0.539. The van der Waals surface area contributed by atoms with Crippen molar-refractivity contribution in [3.05, 3.63) is 29.3 Å². The van der Waals surface area contributed by atoms with Crippen LogP contribution in [-0.4, -0.2) is 16.7 Å². The fourth-order valence-electron chi connectivity index (χ4n) is 1.58. The number of benzene rings is 1. The summed E-state index contributed by atoms with van der Waals surface area (Å²) < 4.78 is 5.68. The molecule has 0 heterocycles. The molecule has 19 heavy (non-hydrogen) atoms. The number of aromatic carboxylic acids is 1. The molecule has 3 nitrogen and oxygen atoms in total. The molecule has 0 aliphatic rings. The molecule has 102 valence electrons. The van der Waals surface area contributed by atoms with E-state index in [2.05, 4.69) is 20.8 Å². The van der Waals surface area contributed by atoms with Gasteiger partial charge in [-0.05, 0) is 43.9 Å². The van der Waals surface area contributed by atoms with Crippen LogP contribution in [0.2, 0.25) is 0 Å². The molecule has 0 saturated carbocycles. The maximum absolute atomic E-state index is 11.3. The van der Waals surface area contributed by atoms with Crippen LogP contribution >= 0.6 is 0 Å². The molecule has 1 aromatic rings. The van der Waals surface area contributed by atoms with Crippen LogP contribution in [0.15, 0.2) is 18.2 Å². The average molecular weight is 274 g/mol. The summed E-state index contributed by atoms with van der Waals surface area (Å²) in [5.41, 5.74) is 0.719. The predicted octanol–water partition coefficient (Wildman–Crippen LogP) is 0.976. The maximum Gasteiger partial charge on any atom is 1.00 e. The van der Waals surface area contributed by atoms with Crippen molar-refractivity contribution < 1.29 is 45.6 Å². The van der Waals surface area contributed by atoms with Crippen LogP contribution in [0.1, 0.15) is 58.9 Å². The van der Waals surface area contributed by atoms with Crippen LogP contribution in [0.5, 0.6) is 5.75 Å². The Bertz CT molecular complexity index is 459. The quantitative estimate of drug-likeness (QED) is 0.818. The SMILES string of the molecule is CC(C)(C)Oc1ccc(C(C)(C)C)cc1C(=O)O.[H-].[Na+]. The predicted molar refractivity (Wildman–Crippen MR) is 73.6 cm³/mol. The van der Waals surface area contributed by atoms with Gasteiger partial charge in [0.2, 0.25) is 0 Å². The number of carboxylic acid groups (broad SMARTS) is 1. The van der Waals surface area contributed by atoms with Gasteiger partial charge in [-0.15, -0.1) is 0 Å². The molecule has 0 fully saturated rings. The summed E-state index contributed by atoms with van der Waals surface area (Å²) in [6.07, 6.45) is 0. The summed E-state index contributed by atoms with van der Waals surface area (Å²) >= 11 is 0. The summed E-state index contributed by atoms with van der Waals surface area (Å²) in [5, 5.41) is 9.27. The fraction of sp³-hybridized carbons (Fsp3) is 0.533. The van der Waals surface area contributed by atoms with Crippen LogP contribution in [0.3, 0.4) is 0 Å². The van der Waals surface area contributed by atoms with Crippen molar-refractivity contribution in [2.45, 2.75) is 52.6 Å². The Morgan fingerprint density at radius 1 is 1.16 bits per heavy atom. The van der Waals surface area contributed by atoms with Crippen LogP contribution < -0.4 is 34.3 Å². The molecule has 0 amide bonds. The Morgan fingerprint density at radius 3 is 2.05 bits per heavy atom. The second-order valence-corrected chi connectivity index (χ2v) is 6.48. The van der Waals surface area contributed by atoms with Crippen LogP contribution in [0, 0.1) is 0 Å². The molecule has 0 unspecified atom stereocenters. The third-order valence-corrected chi connectivity index (χ3v) is 2.49. The van der Waals surface area contributed by atoms with Gasteiger partial charge in [-0.2, -0.15) is 0 Å². The van der Waals surface area contributed by atoms with Gasteiger partial charge < -0.3 is 11.3 Å². The van der Waals surface area contributed by atoms with E-state index in [1.165, 1.54) is 0 Å². The summed E-state index contributed by atoms with van der Waals surface area (Å²) in [6, 6.07) is 5.37. The largest absolute Gasteiger partial charge is 1.00 e. The number of hydrogen-bond donors (Lipinski definition) is 1. The molecule has 4 heteroatoms. The van der Waals surface area contributed by atoms with Crippen LogP contribution in [0.25, 0.3) is 0 Å². The van der Waals surface area contributed by atoms with E-state index in [9.17, 15) is 9.90 Å². The standard InChI is InChI=1S/C15H22O3.Na.H/c1-14(2,3)10-7-8-12(18-15(4,5)6)11(9-10)13(16)17;;/h7-9H,1-6H3,(H,16,17);;/q;+1;-1. The number of rotatable bonds is 2. The molecule has 1 rings (SSSR count). The van der Waals surface area contributed by atoms with E-state index in [1.807, 2.05) is 26.8 Å². The molecule has 0 saturated heterocycles.